The lowest BCUT2D eigenvalue weighted by molar-refractivity contribution is 0.0690. The van der Waals surface area contributed by atoms with Gasteiger partial charge in [0.1, 0.15) is 0 Å². The maximum absolute atomic E-state index is 12.4. The lowest BCUT2D eigenvalue weighted by Crippen LogP contribution is -2.43. The Bertz CT molecular complexity index is 713. The molecule has 6 nitrogen and oxygen atoms in total. The summed E-state index contributed by atoms with van der Waals surface area (Å²) in [7, 11) is 0. The van der Waals surface area contributed by atoms with Gasteiger partial charge in [0.2, 0.25) is 0 Å². The van der Waals surface area contributed by atoms with E-state index in [9.17, 15) is 9.59 Å². The average molecular weight is 352 g/mol. The van der Waals surface area contributed by atoms with Crippen LogP contribution >= 0.6 is 0 Å². The van der Waals surface area contributed by atoms with Crippen molar-refractivity contribution >= 4 is 11.9 Å². The molecule has 0 aliphatic carbocycles. The van der Waals surface area contributed by atoms with E-state index in [0.717, 1.165) is 18.4 Å². The quantitative estimate of drug-likeness (QED) is 0.868. The van der Waals surface area contributed by atoms with Gasteiger partial charge in [0.05, 0.1) is 5.56 Å². The van der Waals surface area contributed by atoms with Crippen molar-refractivity contribution in [1.29, 1.82) is 0 Å². The molecule has 0 saturated carbocycles. The molecular formula is C20H24N4O2. The molecule has 3 rings (SSSR count). The summed E-state index contributed by atoms with van der Waals surface area (Å²) in [6.45, 7) is 2.58. The van der Waals surface area contributed by atoms with Crippen LogP contribution in [0.5, 0.6) is 0 Å². The largest absolute Gasteiger partial charge is 0.339 e. The van der Waals surface area contributed by atoms with Crippen LogP contribution in [0, 0.1) is 5.92 Å². The zero-order chi connectivity index (χ0) is 18.2. The number of nitrogens with one attached hydrogen (secondary N) is 2. The van der Waals surface area contributed by atoms with Gasteiger partial charge in [-0.05, 0) is 36.5 Å². The first-order valence-corrected chi connectivity index (χ1v) is 8.97. The van der Waals surface area contributed by atoms with Gasteiger partial charge in [-0.15, -0.1) is 0 Å². The Morgan fingerprint density at radius 1 is 1.04 bits per heavy atom. The van der Waals surface area contributed by atoms with E-state index in [1.165, 1.54) is 0 Å². The number of amides is 3. The number of likely N-dealkylation sites (tertiary alicyclic amines) is 1. The number of hydrogen-bond donors (Lipinski definition) is 2. The Hall–Kier alpha value is -2.89. The van der Waals surface area contributed by atoms with Gasteiger partial charge in [0, 0.05) is 38.6 Å². The standard InChI is InChI=1S/C20H24N4O2/c25-19(18-7-4-10-21-15-18)24-11-8-17(9-12-24)14-23-20(26)22-13-16-5-2-1-3-6-16/h1-7,10,15,17H,8-9,11-14H2,(H2,22,23,26). The fraction of sp³-hybridized carbons (Fsp3) is 0.350. The van der Waals surface area contributed by atoms with Crippen LogP contribution in [0.15, 0.2) is 54.9 Å². The van der Waals surface area contributed by atoms with E-state index >= 15 is 0 Å². The Balaban J connectivity index is 1.36. The zero-order valence-corrected chi connectivity index (χ0v) is 14.7. The van der Waals surface area contributed by atoms with Crippen LogP contribution in [0.4, 0.5) is 4.79 Å². The van der Waals surface area contributed by atoms with Crippen LogP contribution in [0.2, 0.25) is 0 Å². The second-order valence-corrected chi connectivity index (χ2v) is 6.53. The first kappa shape index (κ1) is 17.9. The number of hydrogen-bond acceptors (Lipinski definition) is 3. The van der Waals surface area contributed by atoms with Crippen molar-refractivity contribution in [2.45, 2.75) is 19.4 Å². The SMILES string of the molecule is O=C(NCc1ccccc1)NCC1CCN(C(=O)c2cccnc2)CC1. The summed E-state index contributed by atoms with van der Waals surface area (Å²) in [6.07, 6.45) is 5.06. The molecule has 26 heavy (non-hydrogen) atoms. The number of benzene rings is 1. The number of rotatable bonds is 5. The smallest absolute Gasteiger partial charge is 0.315 e. The Labute approximate surface area is 153 Å². The summed E-state index contributed by atoms with van der Waals surface area (Å²) in [5.41, 5.74) is 1.70. The molecule has 136 valence electrons. The van der Waals surface area contributed by atoms with Gasteiger partial charge in [0.15, 0.2) is 0 Å². The van der Waals surface area contributed by atoms with E-state index in [0.29, 0.717) is 37.7 Å². The number of pyridine rings is 1. The van der Waals surface area contributed by atoms with Gasteiger partial charge in [-0.2, -0.15) is 0 Å². The molecule has 0 atom stereocenters. The predicted molar refractivity (Wildman–Crippen MR) is 99.5 cm³/mol. The van der Waals surface area contributed by atoms with E-state index in [1.807, 2.05) is 35.2 Å². The molecule has 1 fully saturated rings. The Kier molecular flexibility index (Phi) is 6.19. The minimum absolute atomic E-state index is 0.0325. The molecule has 0 bridgehead atoms. The maximum Gasteiger partial charge on any atom is 0.315 e. The van der Waals surface area contributed by atoms with Crippen LogP contribution in [0.3, 0.4) is 0 Å². The van der Waals surface area contributed by atoms with E-state index in [-0.39, 0.29) is 11.9 Å². The van der Waals surface area contributed by atoms with Gasteiger partial charge in [-0.3, -0.25) is 9.78 Å². The fourth-order valence-electron chi connectivity index (χ4n) is 3.09. The van der Waals surface area contributed by atoms with E-state index in [4.69, 9.17) is 0 Å². The minimum Gasteiger partial charge on any atom is -0.339 e. The van der Waals surface area contributed by atoms with Crippen LogP contribution in [0.1, 0.15) is 28.8 Å². The van der Waals surface area contributed by atoms with Crippen molar-refractivity contribution in [1.82, 2.24) is 20.5 Å². The monoisotopic (exact) mass is 352 g/mol. The summed E-state index contributed by atoms with van der Waals surface area (Å²) in [6, 6.07) is 13.2. The van der Waals surface area contributed by atoms with Crippen molar-refractivity contribution in [3.8, 4) is 0 Å². The van der Waals surface area contributed by atoms with Crippen LogP contribution in [-0.2, 0) is 6.54 Å². The first-order valence-electron chi connectivity index (χ1n) is 8.97. The zero-order valence-electron chi connectivity index (χ0n) is 14.7. The molecule has 1 aromatic carbocycles. The molecule has 1 aliphatic rings. The van der Waals surface area contributed by atoms with Crippen molar-refractivity contribution in [2.24, 2.45) is 5.92 Å². The Morgan fingerprint density at radius 3 is 2.50 bits per heavy atom. The third-order valence-electron chi connectivity index (χ3n) is 4.66. The summed E-state index contributed by atoms with van der Waals surface area (Å²) in [4.78, 5) is 30.2. The van der Waals surface area contributed by atoms with Crippen molar-refractivity contribution in [2.75, 3.05) is 19.6 Å². The number of nitrogens with zero attached hydrogens (tertiary/aromatic N) is 2. The second kappa shape index (κ2) is 8.99. The fourth-order valence-corrected chi connectivity index (χ4v) is 3.09. The van der Waals surface area contributed by atoms with Crippen molar-refractivity contribution < 1.29 is 9.59 Å². The molecule has 1 aliphatic heterocycles. The second-order valence-electron chi connectivity index (χ2n) is 6.53. The highest BCUT2D eigenvalue weighted by molar-refractivity contribution is 5.93. The molecule has 6 heteroatoms. The third kappa shape index (κ3) is 5.05. The highest BCUT2D eigenvalue weighted by Gasteiger charge is 2.23. The minimum atomic E-state index is -0.150. The van der Waals surface area contributed by atoms with Crippen LogP contribution < -0.4 is 10.6 Å². The molecule has 0 radical (unpaired) electrons. The maximum atomic E-state index is 12.4. The lowest BCUT2D eigenvalue weighted by Gasteiger charge is -2.32. The molecule has 2 N–H and O–H groups in total. The first-order chi connectivity index (χ1) is 12.7. The number of piperidine rings is 1. The molecular weight excluding hydrogens is 328 g/mol. The topological polar surface area (TPSA) is 74.3 Å². The van der Waals surface area contributed by atoms with Gasteiger partial charge >= 0.3 is 6.03 Å². The van der Waals surface area contributed by atoms with Gasteiger partial charge in [-0.25, -0.2) is 4.79 Å². The summed E-state index contributed by atoms with van der Waals surface area (Å²) >= 11 is 0. The van der Waals surface area contributed by atoms with Crippen LogP contribution in [-0.4, -0.2) is 41.5 Å². The van der Waals surface area contributed by atoms with Gasteiger partial charge in [0.25, 0.3) is 5.91 Å². The molecule has 1 aromatic heterocycles. The summed E-state index contributed by atoms with van der Waals surface area (Å²) in [5.74, 6) is 0.431. The van der Waals surface area contributed by atoms with Gasteiger partial charge in [-0.1, -0.05) is 30.3 Å². The average Bonchev–Trinajstić information content (AvgIpc) is 2.72. The highest BCUT2D eigenvalue weighted by Crippen LogP contribution is 2.18. The number of urea groups is 1. The van der Waals surface area contributed by atoms with Crippen molar-refractivity contribution in [3.05, 3.63) is 66.0 Å². The molecule has 2 heterocycles. The summed E-state index contributed by atoms with van der Waals surface area (Å²) in [5, 5.41) is 5.80. The molecule has 0 unspecified atom stereocenters. The van der Waals surface area contributed by atoms with Crippen molar-refractivity contribution in [3.63, 3.8) is 0 Å². The number of carbonyl (C=O) groups excluding carboxylic acids is 2. The molecule has 3 amide bonds. The Morgan fingerprint density at radius 2 is 1.81 bits per heavy atom. The van der Waals surface area contributed by atoms with Crippen LogP contribution in [0.25, 0.3) is 0 Å². The molecule has 0 spiro atoms. The van der Waals surface area contributed by atoms with E-state index in [1.54, 1.807) is 24.5 Å². The number of aromatic nitrogens is 1. The third-order valence-corrected chi connectivity index (χ3v) is 4.66. The van der Waals surface area contributed by atoms with Gasteiger partial charge < -0.3 is 15.5 Å². The van der Waals surface area contributed by atoms with E-state index in [2.05, 4.69) is 15.6 Å². The normalized spacial score (nSPS) is 14.7. The van der Waals surface area contributed by atoms with E-state index < -0.39 is 0 Å². The lowest BCUT2D eigenvalue weighted by atomic mass is 9.96. The summed E-state index contributed by atoms with van der Waals surface area (Å²) < 4.78 is 0. The molecule has 1 saturated heterocycles. The number of carbonyl (C=O) groups is 2. The molecule has 2 aromatic rings. The predicted octanol–water partition coefficient (Wildman–Crippen LogP) is 2.43. The highest BCUT2D eigenvalue weighted by atomic mass is 16.2.